The summed E-state index contributed by atoms with van der Waals surface area (Å²) in [5.74, 6) is 2.06. The molecule has 2 heterocycles. The first kappa shape index (κ1) is 11.9. The summed E-state index contributed by atoms with van der Waals surface area (Å²) >= 11 is 0. The molecule has 0 spiro atoms. The standard InChI is InChI=1S/C14H20BNO2/c1-3-16-8-12(9-16)17-13-5-4-11-6-7-15-18-14(11)10(13)2/h4-5,12,15H,3,6-9H2,1-2H3. The molecule has 0 N–H and O–H groups in total. The van der Waals surface area contributed by atoms with Crippen molar-refractivity contribution in [2.45, 2.75) is 32.7 Å². The highest BCUT2D eigenvalue weighted by molar-refractivity contribution is 6.29. The zero-order valence-electron chi connectivity index (χ0n) is 11.2. The van der Waals surface area contributed by atoms with Crippen molar-refractivity contribution in [3.63, 3.8) is 0 Å². The zero-order valence-corrected chi connectivity index (χ0v) is 11.2. The minimum Gasteiger partial charge on any atom is -0.564 e. The SMILES string of the molecule is CCN1CC(Oc2ccc3c(c2C)OBCC3)C1. The molecule has 3 nitrogen and oxygen atoms in total. The molecule has 1 saturated heterocycles. The van der Waals surface area contributed by atoms with E-state index in [1.807, 2.05) is 0 Å². The van der Waals surface area contributed by atoms with Gasteiger partial charge in [0.25, 0.3) is 0 Å². The van der Waals surface area contributed by atoms with Crippen LogP contribution in [-0.2, 0) is 6.42 Å². The highest BCUT2D eigenvalue weighted by Gasteiger charge is 2.28. The summed E-state index contributed by atoms with van der Waals surface area (Å²) in [7, 11) is 0.838. The number of rotatable bonds is 3. The van der Waals surface area contributed by atoms with E-state index in [4.69, 9.17) is 9.39 Å². The first-order valence-electron chi connectivity index (χ1n) is 6.92. The lowest BCUT2D eigenvalue weighted by Crippen LogP contribution is -2.53. The van der Waals surface area contributed by atoms with Crippen LogP contribution in [0.3, 0.4) is 0 Å². The Hall–Kier alpha value is -1.16. The third-order valence-electron chi connectivity index (χ3n) is 3.94. The van der Waals surface area contributed by atoms with Crippen molar-refractivity contribution in [1.82, 2.24) is 4.90 Å². The van der Waals surface area contributed by atoms with Crippen molar-refractivity contribution in [2.24, 2.45) is 0 Å². The molecule has 18 heavy (non-hydrogen) atoms. The molecule has 0 amide bonds. The fourth-order valence-corrected chi connectivity index (χ4v) is 2.73. The number of hydrogen-bond acceptors (Lipinski definition) is 3. The largest absolute Gasteiger partial charge is 0.564 e. The average Bonchev–Trinajstić information content (AvgIpc) is 2.36. The summed E-state index contributed by atoms with van der Waals surface area (Å²) in [6.45, 7) is 7.51. The highest BCUT2D eigenvalue weighted by Crippen LogP contribution is 2.35. The molecule has 4 heteroatoms. The van der Waals surface area contributed by atoms with Crippen LogP contribution in [0.4, 0.5) is 0 Å². The molecular formula is C14H20BNO2. The van der Waals surface area contributed by atoms with Crippen LogP contribution < -0.4 is 9.39 Å². The van der Waals surface area contributed by atoms with Crippen molar-refractivity contribution >= 4 is 7.48 Å². The van der Waals surface area contributed by atoms with Gasteiger partial charge in [0.1, 0.15) is 17.6 Å². The maximum atomic E-state index is 6.06. The molecule has 0 radical (unpaired) electrons. The predicted molar refractivity (Wildman–Crippen MR) is 74.0 cm³/mol. The summed E-state index contributed by atoms with van der Waals surface area (Å²) in [5, 5.41) is 0. The molecule has 96 valence electrons. The minimum absolute atomic E-state index is 0.352. The number of fused-ring (bicyclic) bond motifs is 1. The van der Waals surface area contributed by atoms with Crippen molar-refractivity contribution in [3.8, 4) is 11.5 Å². The van der Waals surface area contributed by atoms with Gasteiger partial charge in [0.05, 0.1) is 0 Å². The Balaban J connectivity index is 1.73. The number of nitrogens with zero attached hydrogens (tertiary/aromatic N) is 1. The maximum absolute atomic E-state index is 6.06. The molecule has 2 aliphatic heterocycles. The van der Waals surface area contributed by atoms with Crippen LogP contribution in [0.2, 0.25) is 6.32 Å². The Bertz CT molecular complexity index is 444. The van der Waals surface area contributed by atoms with Gasteiger partial charge in [-0.15, -0.1) is 0 Å². The molecule has 0 unspecified atom stereocenters. The fourth-order valence-electron chi connectivity index (χ4n) is 2.73. The van der Waals surface area contributed by atoms with Crippen molar-refractivity contribution in [1.29, 1.82) is 0 Å². The Labute approximate surface area is 109 Å². The topological polar surface area (TPSA) is 21.7 Å². The van der Waals surface area contributed by atoms with Gasteiger partial charge in [-0.2, -0.15) is 0 Å². The Morgan fingerprint density at radius 1 is 1.44 bits per heavy atom. The lowest BCUT2D eigenvalue weighted by Gasteiger charge is -2.38. The van der Waals surface area contributed by atoms with Gasteiger partial charge < -0.3 is 9.39 Å². The van der Waals surface area contributed by atoms with E-state index in [9.17, 15) is 0 Å². The van der Waals surface area contributed by atoms with E-state index in [2.05, 4.69) is 30.9 Å². The smallest absolute Gasteiger partial charge is 0.340 e. The zero-order chi connectivity index (χ0) is 12.5. The lowest BCUT2D eigenvalue weighted by atomic mass is 9.85. The number of hydrogen-bond donors (Lipinski definition) is 0. The second-order valence-corrected chi connectivity index (χ2v) is 5.22. The second-order valence-electron chi connectivity index (χ2n) is 5.22. The third-order valence-corrected chi connectivity index (χ3v) is 3.94. The number of ether oxygens (including phenoxy) is 1. The number of likely N-dealkylation sites (tertiary alicyclic amines) is 1. The van der Waals surface area contributed by atoms with Gasteiger partial charge in [-0.3, -0.25) is 4.90 Å². The summed E-state index contributed by atoms with van der Waals surface area (Å²) < 4.78 is 11.8. The van der Waals surface area contributed by atoms with Crippen LogP contribution in [0.25, 0.3) is 0 Å². The van der Waals surface area contributed by atoms with Gasteiger partial charge in [-0.1, -0.05) is 13.0 Å². The summed E-state index contributed by atoms with van der Waals surface area (Å²) in [6.07, 6.45) is 2.61. The van der Waals surface area contributed by atoms with Crippen LogP contribution in [0, 0.1) is 6.92 Å². The van der Waals surface area contributed by atoms with Gasteiger partial charge in [0.2, 0.25) is 0 Å². The Kier molecular flexibility index (Phi) is 3.21. The highest BCUT2D eigenvalue weighted by atomic mass is 16.5. The third kappa shape index (κ3) is 2.10. The molecule has 3 rings (SSSR count). The monoisotopic (exact) mass is 245 g/mol. The van der Waals surface area contributed by atoms with E-state index in [1.165, 1.54) is 11.1 Å². The van der Waals surface area contributed by atoms with Crippen LogP contribution in [0.5, 0.6) is 11.5 Å². The van der Waals surface area contributed by atoms with Crippen LogP contribution in [-0.4, -0.2) is 38.1 Å². The molecule has 0 aromatic heterocycles. The van der Waals surface area contributed by atoms with Gasteiger partial charge >= 0.3 is 7.48 Å². The van der Waals surface area contributed by atoms with E-state index >= 15 is 0 Å². The van der Waals surface area contributed by atoms with E-state index in [-0.39, 0.29) is 0 Å². The van der Waals surface area contributed by atoms with E-state index in [0.29, 0.717) is 6.10 Å². The van der Waals surface area contributed by atoms with E-state index in [1.54, 1.807) is 0 Å². The van der Waals surface area contributed by atoms with Crippen LogP contribution >= 0.6 is 0 Å². The molecule has 0 saturated carbocycles. The quantitative estimate of drug-likeness (QED) is 0.758. The van der Waals surface area contributed by atoms with Gasteiger partial charge in [0, 0.05) is 18.7 Å². The summed E-state index contributed by atoms with van der Waals surface area (Å²) in [6, 6.07) is 4.27. The number of aryl methyl sites for hydroxylation is 1. The fraction of sp³-hybridized carbons (Fsp3) is 0.571. The molecular weight excluding hydrogens is 225 g/mol. The first-order chi connectivity index (χ1) is 8.78. The normalized spacial score (nSPS) is 19.4. The number of benzene rings is 1. The molecule has 1 fully saturated rings. The molecule has 0 atom stereocenters. The van der Waals surface area contributed by atoms with Crippen LogP contribution in [0.15, 0.2) is 12.1 Å². The molecule has 0 bridgehead atoms. The van der Waals surface area contributed by atoms with Gasteiger partial charge in [0.15, 0.2) is 0 Å². The average molecular weight is 245 g/mol. The van der Waals surface area contributed by atoms with Gasteiger partial charge in [-0.05, 0) is 37.8 Å². The first-order valence-corrected chi connectivity index (χ1v) is 6.92. The minimum atomic E-state index is 0.352. The van der Waals surface area contributed by atoms with Crippen molar-refractivity contribution in [2.75, 3.05) is 19.6 Å². The Morgan fingerprint density at radius 3 is 3.06 bits per heavy atom. The van der Waals surface area contributed by atoms with Crippen LogP contribution in [0.1, 0.15) is 18.1 Å². The predicted octanol–water partition coefficient (Wildman–Crippen LogP) is 1.78. The molecule has 1 aromatic rings. The summed E-state index contributed by atoms with van der Waals surface area (Å²) in [4.78, 5) is 2.38. The second kappa shape index (κ2) is 4.85. The number of likely N-dealkylation sites (N-methyl/N-ethyl adjacent to an activating group) is 1. The van der Waals surface area contributed by atoms with E-state index in [0.717, 1.165) is 51.4 Å². The molecule has 1 aromatic carbocycles. The molecule has 0 aliphatic carbocycles. The van der Waals surface area contributed by atoms with E-state index < -0.39 is 0 Å². The van der Waals surface area contributed by atoms with Crippen molar-refractivity contribution < 1.29 is 9.39 Å². The molecule has 2 aliphatic rings. The van der Waals surface area contributed by atoms with Gasteiger partial charge in [-0.25, -0.2) is 0 Å². The van der Waals surface area contributed by atoms with Crippen molar-refractivity contribution in [3.05, 3.63) is 23.3 Å². The summed E-state index contributed by atoms with van der Waals surface area (Å²) in [5.41, 5.74) is 2.50. The maximum Gasteiger partial charge on any atom is 0.340 e. The lowest BCUT2D eigenvalue weighted by molar-refractivity contribution is 0.0233. The Morgan fingerprint density at radius 2 is 2.28 bits per heavy atom.